The van der Waals surface area contributed by atoms with E-state index < -0.39 is 0 Å². The van der Waals surface area contributed by atoms with Gasteiger partial charge in [-0.05, 0) is 39.2 Å². The molecule has 0 radical (unpaired) electrons. The molecule has 0 bridgehead atoms. The van der Waals surface area contributed by atoms with Crippen LogP contribution in [0.5, 0.6) is 0 Å². The third-order valence-electron chi connectivity index (χ3n) is 5.00. The van der Waals surface area contributed by atoms with Crippen molar-refractivity contribution in [2.75, 3.05) is 6.54 Å². The summed E-state index contributed by atoms with van der Waals surface area (Å²) in [6.07, 6.45) is 11.6. The summed E-state index contributed by atoms with van der Waals surface area (Å²) in [4.78, 5) is 16.3. The second kappa shape index (κ2) is 6.13. The molecule has 2 N–H and O–H groups in total. The van der Waals surface area contributed by atoms with Crippen molar-refractivity contribution < 1.29 is 4.79 Å². The number of hydrogen-bond donors (Lipinski definition) is 2. The van der Waals surface area contributed by atoms with Crippen molar-refractivity contribution in [1.29, 1.82) is 0 Å². The summed E-state index contributed by atoms with van der Waals surface area (Å²) in [5, 5.41) is 11.0. The summed E-state index contributed by atoms with van der Waals surface area (Å²) in [6, 6.07) is -0.0208. The second-order valence-electron chi connectivity index (χ2n) is 6.52. The summed E-state index contributed by atoms with van der Waals surface area (Å²) in [7, 11) is 0. The van der Waals surface area contributed by atoms with E-state index in [0.29, 0.717) is 0 Å². The Morgan fingerprint density at radius 2 is 2.24 bits per heavy atom. The first kappa shape index (κ1) is 14.5. The first-order valence-electron chi connectivity index (χ1n) is 8.08. The molecule has 1 saturated carbocycles. The lowest BCUT2D eigenvalue weighted by atomic mass is 9.75. The van der Waals surface area contributed by atoms with E-state index in [1.54, 1.807) is 11.0 Å². The van der Waals surface area contributed by atoms with Crippen LogP contribution in [0.3, 0.4) is 0 Å². The standard InChI is InChI=1S/C15H25N5O/c1-12(20-11-16-10-18-20)14(21)19-13-5-8-17-15(9-13)6-3-2-4-7-15/h10-13,17H,2-9H2,1H3,(H,19,21). The highest BCUT2D eigenvalue weighted by Crippen LogP contribution is 2.34. The lowest BCUT2D eigenvalue weighted by Crippen LogP contribution is -2.57. The van der Waals surface area contributed by atoms with E-state index in [4.69, 9.17) is 0 Å². The van der Waals surface area contributed by atoms with Crippen LogP contribution in [0.1, 0.15) is 57.9 Å². The number of piperidine rings is 1. The number of carbonyl (C=O) groups is 1. The molecular formula is C15H25N5O. The Kier molecular flexibility index (Phi) is 4.24. The van der Waals surface area contributed by atoms with Crippen molar-refractivity contribution >= 4 is 5.91 Å². The number of nitrogens with one attached hydrogen (secondary N) is 2. The van der Waals surface area contributed by atoms with Crippen LogP contribution in [0, 0.1) is 0 Å². The molecular weight excluding hydrogens is 266 g/mol. The highest BCUT2D eigenvalue weighted by Gasteiger charge is 2.37. The lowest BCUT2D eigenvalue weighted by molar-refractivity contribution is -0.125. The monoisotopic (exact) mass is 291 g/mol. The number of carbonyl (C=O) groups excluding carboxylic acids is 1. The Hall–Kier alpha value is -1.43. The van der Waals surface area contributed by atoms with Gasteiger partial charge in [-0.1, -0.05) is 19.3 Å². The number of nitrogens with zero attached hydrogens (tertiary/aromatic N) is 3. The van der Waals surface area contributed by atoms with Crippen molar-refractivity contribution in [1.82, 2.24) is 25.4 Å². The molecule has 2 fully saturated rings. The van der Waals surface area contributed by atoms with E-state index >= 15 is 0 Å². The van der Waals surface area contributed by atoms with Gasteiger partial charge in [-0.15, -0.1) is 0 Å². The smallest absolute Gasteiger partial charge is 0.244 e. The highest BCUT2D eigenvalue weighted by atomic mass is 16.2. The zero-order valence-electron chi connectivity index (χ0n) is 12.7. The third kappa shape index (κ3) is 3.26. The molecule has 1 saturated heterocycles. The van der Waals surface area contributed by atoms with Crippen LogP contribution in [0.2, 0.25) is 0 Å². The second-order valence-corrected chi connectivity index (χ2v) is 6.52. The molecule has 2 atom stereocenters. The van der Waals surface area contributed by atoms with Crippen LogP contribution in [-0.4, -0.2) is 38.8 Å². The minimum absolute atomic E-state index is 0.0401. The quantitative estimate of drug-likeness (QED) is 0.883. The van der Waals surface area contributed by atoms with E-state index in [-0.39, 0.29) is 23.5 Å². The minimum Gasteiger partial charge on any atom is -0.351 e. The van der Waals surface area contributed by atoms with Gasteiger partial charge in [0.25, 0.3) is 0 Å². The molecule has 6 heteroatoms. The molecule has 0 aromatic carbocycles. The Morgan fingerprint density at radius 3 is 2.95 bits per heavy atom. The molecule has 21 heavy (non-hydrogen) atoms. The number of amides is 1. The van der Waals surface area contributed by atoms with Gasteiger partial charge < -0.3 is 10.6 Å². The van der Waals surface area contributed by atoms with Gasteiger partial charge in [0.2, 0.25) is 5.91 Å². The molecule has 3 rings (SSSR count). The highest BCUT2D eigenvalue weighted by molar-refractivity contribution is 5.80. The molecule has 6 nitrogen and oxygen atoms in total. The maximum absolute atomic E-state index is 12.4. The Bertz CT molecular complexity index is 461. The van der Waals surface area contributed by atoms with Crippen LogP contribution in [0.4, 0.5) is 0 Å². The zero-order valence-corrected chi connectivity index (χ0v) is 12.7. The van der Waals surface area contributed by atoms with Crippen molar-refractivity contribution in [2.45, 2.75) is 69.5 Å². The topological polar surface area (TPSA) is 71.8 Å². The van der Waals surface area contributed by atoms with Crippen LogP contribution < -0.4 is 10.6 Å². The third-order valence-corrected chi connectivity index (χ3v) is 5.00. The molecule has 2 aliphatic rings. The summed E-state index contributed by atoms with van der Waals surface area (Å²) < 4.78 is 1.60. The normalized spacial score (nSPS) is 26.4. The zero-order chi connectivity index (χ0) is 14.7. The van der Waals surface area contributed by atoms with Crippen LogP contribution in [0.15, 0.2) is 12.7 Å². The molecule has 1 aliphatic carbocycles. The number of rotatable bonds is 3. The molecule has 116 valence electrons. The van der Waals surface area contributed by atoms with E-state index in [1.807, 2.05) is 6.92 Å². The summed E-state index contributed by atoms with van der Waals surface area (Å²) >= 11 is 0. The first-order chi connectivity index (χ1) is 10.2. The van der Waals surface area contributed by atoms with Crippen LogP contribution in [0.25, 0.3) is 0 Å². The average molecular weight is 291 g/mol. The molecule has 1 amide bonds. The fourth-order valence-corrected chi connectivity index (χ4v) is 3.75. The van der Waals surface area contributed by atoms with Crippen LogP contribution in [-0.2, 0) is 4.79 Å². The Labute approximate surface area is 125 Å². The molecule has 2 unspecified atom stereocenters. The van der Waals surface area contributed by atoms with E-state index in [9.17, 15) is 4.79 Å². The molecule has 1 aromatic heterocycles. The maximum atomic E-state index is 12.4. The molecule has 1 aliphatic heterocycles. The van der Waals surface area contributed by atoms with Gasteiger partial charge in [0.1, 0.15) is 18.7 Å². The summed E-state index contributed by atoms with van der Waals surface area (Å²) in [5.41, 5.74) is 0.269. The van der Waals surface area contributed by atoms with Gasteiger partial charge in [0.15, 0.2) is 0 Å². The van der Waals surface area contributed by atoms with E-state index in [0.717, 1.165) is 19.4 Å². The largest absolute Gasteiger partial charge is 0.351 e. The molecule has 2 heterocycles. The van der Waals surface area contributed by atoms with Crippen molar-refractivity contribution in [3.63, 3.8) is 0 Å². The van der Waals surface area contributed by atoms with E-state index in [1.165, 1.54) is 38.4 Å². The first-order valence-corrected chi connectivity index (χ1v) is 8.08. The van der Waals surface area contributed by atoms with Gasteiger partial charge in [-0.3, -0.25) is 4.79 Å². The Morgan fingerprint density at radius 1 is 1.43 bits per heavy atom. The van der Waals surface area contributed by atoms with Gasteiger partial charge >= 0.3 is 0 Å². The minimum atomic E-state index is -0.301. The van der Waals surface area contributed by atoms with Crippen molar-refractivity contribution in [3.8, 4) is 0 Å². The maximum Gasteiger partial charge on any atom is 0.244 e. The Balaban J connectivity index is 1.58. The predicted molar refractivity (Wildman–Crippen MR) is 79.7 cm³/mol. The summed E-state index contributed by atoms with van der Waals surface area (Å²) in [6.45, 7) is 2.87. The number of hydrogen-bond acceptors (Lipinski definition) is 4. The van der Waals surface area contributed by atoms with Gasteiger partial charge in [0, 0.05) is 11.6 Å². The van der Waals surface area contributed by atoms with Crippen molar-refractivity contribution in [3.05, 3.63) is 12.7 Å². The summed E-state index contributed by atoms with van der Waals surface area (Å²) in [5.74, 6) is 0.0401. The predicted octanol–water partition coefficient (Wildman–Crippen LogP) is 1.41. The fourth-order valence-electron chi connectivity index (χ4n) is 3.75. The van der Waals surface area contributed by atoms with E-state index in [2.05, 4.69) is 20.7 Å². The number of aromatic nitrogens is 3. The molecule has 1 spiro atoms. The van der Waals surface area contributed by atoms with Crippen molar-refractivity contribution in [2.24, 2.45) is 0 Å². The van der Waals surface area contributed by atoms with Gasteiger partial charge in [0.05, 0.1) is 0 Å². The van der Waals surface area contributed by atoms with Gasteiger partial charge in [-0.25, -0.2) is 9.67 Å². The van der Waals surface area contributed by atoms with Gasteiger partial charge in [-0.2, -0.15) is 5.10 Å². The fraction of sp³-hybridized carbons (Fsp3) is 0.800. The molecule has 1 aromatic rings. The van der Waals surface area contributed by atoms with Crippen LogP contribution >= 0.6 is 0 Å². The average Bonchev–Trinajstić information content (AvgIpc) is 3.01. The SMILES string of the molecule is CC(C(=O)NC1CCNC2(CCCCC2)C1)n1cncn1. The lowest BCUT2D eigenvalue weighted by Gasteiger charge is -2.45.